The van der Waals surface area contributed by atoms with Crippen molar-refractivity contribution in [2.45, 2.75) is 32.5 Å². The lowest BCUT2D eigenvalue weighted by atomic mass is 10.1. The molecule has 0 bridgehead atoms. The van der Waals surface area contributed by atoms with E-state index in [1.165, 1.54) is 5.56 Å². The summed E-state index contributed by atoms with van der Waals surface area (Å²) in [6, 6.07) is 11.2. The molecule has 2 heteroatoms. The molecule has 15 heavy (non-hydrogen) atoms. The van der Waals surface area contributed by atoms with Crippen LogP contribution in [0.4, 0.5) is 0 Å². The molecular weight excluding hydrogens is 186 g/mol. The van der Waals surface area contributed by atoms with Crippen molar-refractivity contribution in [3.05, 3.63) is 35.9 Å². The minimum absolute atomic E-state index is 0.366. The van der Waals surface area contributed by atoms with E-state index in [2.05, 4.69) is 49.1 Å². The second-order valence-electron chi connectivity index (χ2n) is 4.41. The molecule has 1 fully saturated rings. The van der Waals surface area contributed by atoms with Crippen LogP contribution in [-0.2, 0) is 11.3 Å². The molecule has 1 aromatic rings. The highest BCUT2D eigenvalue weighted by Crippen LogP contribution is 2.14. The van der Waals surface area contributed by atoms with Crippen LogP contribution < -0.4 is 0 Å². The van der Waals surface area contributed by atoms with Gasteiger partial charge in [-0.15, -0.1) is 0 Å². The Morgan fingerprint density at radius 2 is 2.00 bits per heavy atom. The van der Waals surface area contributed by atoms with Crippen LogP contribution in [0.15, 0.2) is 30.3 Å². The fraction of sp³-hybridized carbons (Fsp3) is 0.538. The van der Waals surface area contributed by atoms with Gasteiger partial charge < -0.3 is 4.74 Å². The summed E-state index contributed by atoms with van der Waals surface area (Å²) < 4.78 is 5.62. The predicted molar refractivity (Wildman–Crippen MR) is 61.7 cm³/mol. The molecular formula is C13H19NO. The van der Waals surface area contributed by atoms with E-state index in [0.29, 0.717) is 12.1 Å². The molecule has 0 saturated carbocycles. The Balaban J connectivity index is 1.98. The van der Waals surface area contributed by atoms with Gasteiger partial charge in [0.15, 0.2) is 0 Å². The minimum atomic E-state index is 0.366. The van der Waals surface area contributed by atoms with Gasteiger partial charge in [0.25, 0.3) is 0 Å². The second kappa shape index (κ2) is 4.77. The highest BCUT2D eigenvalue weighted by molar-refractivity contribution is 5.14. The molecule has 1 aliphatic rings. The lowest BCUT2D eigenvalue weighted by molar-refractivity contribution is -0.0526. The van der Waals surface area contributed by atoms with Crippen molar-refractivity contribution < 1.29 is 4.74 Å². The topological polar surface area (TPSA) is 12.5 Å². The lowest BCUT2D eigenvalue weighted by Crippen LogP contribution is -2.46. The summed E-state index contributed by atoms with van der Waals surface area (Å²) in [5.74, 6) is 0. The molecule has 0 aliphatic carbocycles. The van der Waals surface area contributed by atoms with Gasteiger partial charge in [-0.3, -0.25) is 4.90 Å². The van der Waals surface area contributed by atoms with Crippen molar-refractivity contribution in [1.29, 1.82) is 0 Å². The molecule has 82 valence electrons. The van der Waals surface area contributed by atoms with Crippen molar-refractivity contribution in [2.75, 3.05) is 13.2 Å². The summed E-state index contributed by atoms with van der Waals surface area (Å²) in [6.45, 7) is 7.30. The SMILES string of the molecule is C[C@@H]1CN(Cc2ccccc2)[C@H](C)CO1. The third-order valence-electron chi connectivity index (χ3n) is 2.97. The molecule has 0 amide bonds. The lowest BCUT2D eigenvalue weighted by Gasteiger charge is -2.36. The van der Waals surface area contributed by atoms with Gasteiger partial charge in [0.2, 0.25) is 0 Å². The van der Waals surface area contributed by atoms with Crippen LogP contribution in [0.25, 0.3) is 0 Å². The molecule has 1 saturated heterocycles. The van der Waals surface area contributed by atoms with Crippen molar-refractivity contribution >= 4 is 0 Å². The zero-order valence-corrected chi connectivity index (χ0v) is 9.52. The van der Waals surface area contributed by atoms with Crippen molar-refractivity contribution in [3.8, 4) is 0 Å². The van der Waals surface area contributed by atoms with Crippen LogP contribution in [0.1, 0.15) is 19.4 Å². The molecule has 1 aromatic carbocycles. The van der Waals surface area contributed by atoms with E-state index in [1.807, 2.05) is 0 Å². The molecule has 2 atom stereocenters. The molecule has 2 rings (SSSR count). The van der Waals surface area contributed by atoms with Crippen LogP contribution in [0.2, 0.25) is 0 Å². The maximum atomic E-state index is 5.62. The first-order valence-corrected chi connectivity index (χ1v) is 5.65. The molecule has 0 N–H and O–H groups in total. The highest BCUT2D eigenvalue weighted by Gasteiger charge is 2.22. The molecule has 0 spiro atoms. The first kappa shape index (κ1) is 10.7. The Hall–Kier alpha value is -0.860. The highest BCUT2D eigenvalue weighted by atomic mass is 16.5. The molecule has 1 aliphatic heterocycles. The second-order valence-corrected chi connectivity index (χ2v) is 4.41. The summed E-state index contributed by atoms with van der Waals surface area (Å²) in [4.78, 5) is 2.49. The van der Waals surface area contributed by atoms with Gasteiger partial charge in [0.05, 0.1) is 12.7 Å². The molecule has 2 nitrogen and oxygen atoms in total. The Bertz CT molecular complexity index is 299. The molecule has 0 aromatic heterocycles. The van der Waals surface area contributed by atoms with E-state index in [-0.39, 0.29) is 0 Å². The standard InChI is InChI=1S/C13H19NO/c1-11-10-15-12(2)8-14(11)9-13-6-4-3-5-7-13/h3-7,11-12H,8-10H2,1-2H3/t11-,12-/m1/s1. The largest absolute Gasteiger partial charge is 0.376 e. The minimum Gasteiger partial charge on any atom is -0.376 e. The zero-order chi connectivity index (χ0) is 10.7. The fourth-order valence-electron chi connectivity index (χ4n) is 2.01. The monoisotopic (exact) mass is 205 g/mol. The van der Waals surface area contributed by atoms with E-state index in [4.69, 9.17) is 4.74 Å². The third kappa shape index (κ3) is 2.80. The van der Waals surface area contributed by atoms with Crippen molar-refractivity contribution in [3.63, 3.8) is 0 Å². The number of morpholine rings is 1. The van der Waals surface area contributed by atoms with E-state index in [9.17, 15) is 0 Å². The van der Waals surface area contributed by atoms with Gasteiger partial charge in [-0.05, 0) is 19.4 Å². The van der Waals surface area contributed by atoms with Crippen LogP contribution >= 0.6 is 0 Å². The quantitative estimate of drug-likeness (QED) is 0.734. The van der Waals surface area contributed by atoms with Gasteiger partial charge in [-0.2, -0.15) is 0 Å². The van der Waals surface area contributed by atoms with Crippen LogP contribution in [0.5, 0.6) is 0 Å². The van der Waals surface area contributed by atoms with Gasteiger partial charge in [0.1, 0.15) is 0 Å². The maximum Gasteiger partial charge on any atom is 0.0674 e. The van der Waals surface area contributed by atoms with E-state index < -0.39 is 0 Å². The van der Waals surface area contributed by atoms with Crippen LogP contribution in [0.3, 0.4) is 0 Å². The van der Waals surface area contributed by atoms with E-state index in [0.717, 1.165) is 19.7 Å². The molecule has 0 radical (unpaired) electrons. The number of hydrogen-bond acceptors (Lipinski definition) is 2. The summed E-state index contributed by atoms with van der Waals surface area (Å²) in [7, 11) is 0. The first-order valence-electron chi connectivity index (χ1n) is 5.65. The van der Waals surface area contributed by atoms with Gasteiger partial charge in [-0.25, -0.2) is 0 Å². The Morgan fingerprint density at radius 1 is 1.27 bits per heavy atom. The Morgan fingerprint density at radius 3 is 2.73 bits per heavy atom. The van der Waals surface area contributed by atoms with Gasteiger partial charge >= 0.3 is 0 Å². The number of hydrogen-bond donors (Lipinski definition) is 0. The Labute approximate surface area is 91.9 Å². The number of nitrogens with zero attached hydrogens (tertiary/aromatic N) is 1. The Kier molecular flexibility index (Phi) is 3.39. The fourth-order valence-corrected chi connectivity index (χ4v) is 2.01. The molecule has 1 heterocycles. The number of ether oxygens (including phenoxy) is 1. The summed E-state index contributed by atoms with van der Waals surface area (Å²) in [5.41, 5.74) is 1.39. The van der Waals surface area contributed by atoms with Gasteiger partial charge in [0, 0.05) is 19.1 Å². The van der Waals surface area contributed by atoms with E-state index >= 15 is 0 Å². The molecule has 0 unspecified atom stereocenters. The van der Waals surface area contributed by atoms with Crippen LogP contribution in [-0.4, -0.2) is 30.2 Å². The summed E-state index contributed by atoms with van der Waals surface area (Å²) in [6.07, 6.45) is 0.366. The van der Waals surface area contributed by atoms with Crippen LogP contribution in [0, 0.1) is 0 Å². The summed E-state index contributed by atoms with van der Waals surface area (Å²) >= 11 is 0. The van der Waals surface area contributed by atoms with Gasteiger partial charge in [-0.1, -0.05) is 30.3 Å². The van der Waals surface area contributed by atoms with Crippen molar-refractivity contribution in [2.24, 2.45) is 0 Å². The predicted octanol–water partition coefficient (Wildman–Crippen LogP) is 2.30. The maximum absolute atomic E-state index is 5.62. The normalized spacial score (nSPS) is 27.9. The van der Waals surface area contributed by atoms with E-state index in [1.54, 1.807) is 0 Å². The summed E-state index contributed by atoms with van der Waals surface area (Å²) in [5, 5.41) is 0. The average Bonchev–Trinajstić information content (AvgIpc) is 2.25. The smallest absolute Gasteiger partial charge is 0.0674 e. The number of benzene rings is 1. The number of rotatable bonds is 2. The third-order valence-corrected chi connectivity index (χ3v) is 2.97. The first-order chi connectivity index (χ1) is 7.25. The zero-order valence-electron chi connectivity index (χ0n) is 9.52. The van der Waals surface area contributed by atoms with Crippen molar-refractivity contribution in [1.82, 2.24) is 4.90 Å². The average molecular weight is 205 g/mol.